The Morgan fingerprint density at radius 2 is 2.17 bits per heavy atom. The maximum atomic E-state index is 4.24. The van der Waals surface area contributed by atoms with Crippen LogP contribution in [0.25, 0.3) is 0 Å². The first-order chi connectivity index (χ1) is 8.29. The summed E-state index contributed by atoms with van der Waals surface area (Å²) < 4.78 is 1.93. The fourth-order valence-electron chi connectivity index (χ4n) is 2.64. The Bertz CT molecular complexity index is 400. The summed E-state index contributed by atoms with van der Waals surface area (Å²) in [7, 11) is 0. The first-order valence-electron chi connectivity index (χ1n) is 6.94. The molecule has 0 aliphatic heterocycles. The van der Waals surface area contributed by atoms with Gasteiger partial charge < -0.3 is 5.32 Å². The molecule has 0 saturated heterocycles. The van der Waals surface area contributed by atoms with Gasteiger partial charge in [0.1, 0.15) is 0 Å². The maximum absolute atomic E-state index is 4.24. The average Bonchev–Trinajstić information content (AvgIpc) is 2.80. The van der Waals surface area contributed by atoms with E-state index < -0.39 is 0 Å². The highest BCUT2D eigenvalue weighted by Gasteiger charge is 2.33. The summed E-state index contributed by atoms with van der Waals surface area (Å²) in [5.41, 5.74) is 1.46. The van der Waals surface area contributed by atoms with Crippen LogP contribution in [-0.4, -0.2) is 21.0 Å². The Morgan fingerprint density at radius 1 is 1.44 bits per heavy atom. The third-order valence-electron chi connectivity index (χ3n) is 4.01. The van der Waals surface area contributed by atoms with Crippen molar-refractivity contribution in [1.82, 2.24) is 20.3 Å². The molecule has 2 rings (SSSR count). The van der Waals surface area contributed by atoms with Gasteiger partial charge in [-0.1, -0.05) is 25.5 Å². The lowest BCUT2D eigenvalue weighted by molar-refractivity contribution is 0.282. The van der Waals surface area contributed by atoms with Crippen LogP contribution in [-0.2, 0) is 12.1 Å². The molecule has 1 unspecified atom stereocenters. The quantitative estimate of drug-likeness (QED) is 0.897. The van der Waals surface area contributed by atoms with Gasteiger partial charge in [-0.25, -0.2) is 4.68 Å². The number of nitrogens with zero attached hydrogens (tertiary/aromatic N) is 3. The highest BCUT2D eigenvalue weighted by atomic mass is 15.4. The topological polar surface area (TPSA) is 42.7 Å². The van der Waals surface area contributed by atoms with Gasteiger partial charge in [0.05, 0.1) is 17.4 Å². The van der Waals surface area contributed by atoms with Crippen LogP contribution in [0.3, 0.4) is 0 Å². The van der Waals surface area contributed by atoms with E-state index in [1.807, 2.05) is 4.68 Å². The molecule has 102 valence electrons. The second kappa shape index (κ2) is 4.65. The highest BCUT2D eigenvalue weighted by molar-refractivity contribution is 4.97. The van der Waals surface area contributed by atoms with Crippen molar-refractivity contribution >= 4 is 0 Å². The summed E-state index contributed by atoms with van der Waals surface area (Å²) in [6.45, 7) is 11.9. The van der Waals surface area contributed by atoms with E-state index in [0.717, 1.165) is 12.2 Å². The Hall–Kier alpha value is -0.900. The van der Waals surface area contributed by atoms with E-state index in [4.69, 9.17) is 0 Å². The summed E-state index contributed by atoms with van der Waals surface area (Å²) >= 11 is 0. The van der Waals surface area contributed by atoms with E-state index in [0.29, 0.717) is 11.5 Å². The molecule has 1 aromatic heterocycles. The maximum Gasteiger partial charge on any atom is 0.0965 e. The summed E-state index contributed by atoms with van der Waals surface area (Å²) in [4.78, 5) is 0. The molecule has 18 heavy (non-hydrogen) atoms. The second-order valence-electron chi connectivity index (χ2n) is 7.14. The average molecular weight is 250 g/mol. The third kappa shape index (κ3) is 2.91. The Labute approximate surface area is 110 Å². The van der Waals surface area contributed by atoms with Crippen LogP contribution < -0.4 is 5.32 Å². The molecule has 0 aromatic carbocycles. The van der Waals surface area contributed by atoms with Crippen molar-refractivity contribution < 1.29 is 0 Å². The lowest BCUT2D eigenvalue weighted by Gasteiger charge is -2.27. The number of hydrogen-bond acceptors (Lipinski definition) is 3. The number of rotatable bonds is 3. The lowest BCUT2D eigenvalue weighted by atomic mass is 9.87. The van der Waals surface area contributed by atoms with E-state index in [9.17, 15) is 0 Å². The smallest absolute Gasteiger partial charge is 0.0965 e. The number of aromatic nitrogens is 3. The number of hydrogen-bond donors (Lipinski definition) is 1. The molecule has 1 aromatic rings. The van der Waals surface area contributed by atoms with Gasteiger partial charge in [-0.05, 0) is 39.0 Å². The largest absolute Gasteiger partial charge is 0.308 e. The lowest BCUT2D eigenvalue weighted by Crippen LogP contribution is -2.37. The first kappa shape index (κ1) is 13.5. The molecule has 1 saturated carbocycles. The molecule has 0 radical (unpaired) electrons. The van der Waals surface area contributed by atoms with Crippen molar-refractivity contribution in [2.24, 2.45) is 5.41 Å². The molecule has 1 atom stereocenters. The Morgan fingerprint density at radius 3 is 2.67 bits per heavy atom. The molecule has 0 bridgehead atoms. The molecule has 1 fully saturated rings. The van der Waals surface area contributed by atoms with Gasteiger partial charge in [-0.15, -0.1) is 5.10 Å². The zero-order valence-corrected chi connectivity index (χ0v) is 12.3. The van der Waals surface area contributed by atoms with Gasteiger partial charge in [0.15, 0.2) is 0 Å². The fraction of sp³-hybridized carbons (Fsp3) is 0.857. The molecule has 0 spiro atoms. The monoisotopic (exact) mass is 250 g/mol. The van der Waals surface area contributed by atoms with Crippen molar-refractivity contribution in [3.63, 3.8) is 0 Å². The summed E-state index contributed by atoms with van der Waals surface area (Å²) in [5, 5.41) is 12.1. The molecule has 0 amide bonds. The van der Waals surface area contributed by atoms with Crippen molar-refractivity contribution in [2.75, 3.05) is 0 Å². The van der Waals surface area contributed by atoms with Gasteiger partial charge in [-0.2, -0.15) is 0 Å². The van der Waals surface area contributed by atoms with Gasteiger partial charge >= 0.3 is 0 Å². The molecule has 1 N–H and O–H groups in total. The molecule has 1 aliphatic rings. The highest BCUT2D eigenvalue weighted by Crippen LogP contribution is 2.37. The van der Waals surface area contributed by atoms with E-state index in [1.165, 1.54) is 19.3 Å². The number of nitrogens with one attached hydrogen (secondary N) is 1. The SMILES string of the molecule is CC1(C)CCCC1NCc1cn(C(C)(C)C)nn1. The molecule has 1 heterocycles. The van der Waals surface area contributed by atoms with Crippen LogP contribution in [0, 0.1) is 5.41 Å². The van der Waals surface area contributed by atoms with Crippen molar-refractivity contribution in [2.45, 2.75) is 72.0 Å². The van der Waals surface area contributed by atoms with Crippen molar-refractivity contribution in [3.8, 4) is 0 Å². The van der Waals surface area contributed by atoms with Gasteiger partial charge in [0.25, 0.3) is 0 Å². The summed E-state index contributed by atoms with van der Waals surface area (Å²) in [5.74, 6) is 0. The first-order valence-corrected chi connectivity index (χ1v) is 6.94. The van der Waals surface area contributed by atoms with Crippen LogP contribution in [0.15, 0.2) is 6.20 Å². The van der Waals surface area contributed by atoms with Crippen LogP contribution >= 0.6 is 0 Å². The standard InChI is InChI=1S/C14H26N4/c1-13(2,3)18-10-11(16-17-18)9-15-12-7-6-8-14(12,4)5/h10,12,15H,6-9H2,1-5H3. The predicted molar refractivity (Wildman–Crippen MR) is 73.3 cm³/mol. The molecule has 4 heteroatoms. The third-order valence-corrected chi connectivity index (χ3v) is 4.01. The van der Waals surface area contributed by atoms with Gasteiger partial charge in [-0.3, -0.25) is 0 Å². The predicted octanol–water partition coefficient (Wildman–Crippen LogP) is 2.70. The second-order valence-corrected chi connectivity index (χ2v) is 7.14. The zero-order chi connectivity index (χ0) is 13.4. The minimum Gasteiger partial charge on any atom is -0.308 e. The molecular formula is C14H26N4. The van der Waals surface area contributed by atoms with E-state index >= 15 is 0 Å². The van der Waals surface area contributed by atoms with Crippen LogP contribution in [0.4, 0.5) is 0 Å². The van der Waals surface area contributed by atoms with E-state index in [-0.39, 0.29) is 5.54 Å². The fourth-order valence-corrected chi connectivity index (χ4v) is 2.64. The van der Waals surface area contributed by atoms with Crippen molar-refractivity contribution in [1.29, 1.82) is 0 Å². The summed E-state index contributed by atoms with van der Waals surface area (Å²) in [6, 6.07) is 0.609. The van der Waals surface area contributed by atoms with Crippen LogP contribution in [0.2, 0.25) is 0 Å². The Balaban J connectivity index is 1.93. The van der Waals surface area contributed by atoms with Crippen LogP contribution in [0.5, 0.6) is 0 Å². The molecular weight excluding hydrogens is 224 g/mol. The van der Waals surface area contributed by atoms with Crippen LogP contribution in [0.1, 0.15) is 59.6 Å². The molecule has 4 nitrogen and oxygen atoms in total. The van der Waals surface area contributed by atoms with Gasteiger partial charge in [0.2, 0.25) is 0 Å². The Kier molecular flexibility index (Phi) is 3.49. The van der Waals surface area contributed by atoms with E-state index in [2.05, 4.69) is 56.4 Å². The summed E-state index contributed by atoms with van der Waals surface area (Å²) in [6.07, 6.45) is 5.98. The van der Waals surface area contributed by atoms with E-state index in [1.54, 1.807) is 0 Å². The van der Waals surface area contributed by atoms with Gasteiger partial charge in [0, 0.05) is 12.6 Å². The minimum absolute atomic E-state index is 0.0118. The minimum atomic E-state index is 0.0118. The van der Waals surface area contributed by atoms with Crippen molar-refractivity contribution in [3.05, 3.63) is 11.9 Å². The molecule has 1 aliphatic carbocycles. The normalized spacial score (nSPS) is 23.5. The zero-order valence-electron chi connectivity index (χ0n) is 12.3.